The molecule has 10 heteroatoms. The van der Waals surface area contributed by atoms with Crippen LogP contribution in [0, 0.1) is 17.8 Å². The minimum atomic E-state index is -3.05. The molecule has 2 aliphatic carbocycles. The third-order valence-corrected chi connectivity index (χ3v) is 12.0. The molecule has 9 nitrogen and oxygen atoms in total. The van der Waals surface area contributed by atoms with Gasteiger partial charge in [-0.15, -0.1) is 0 Å². The zero-order valence-electron chi connectivity index (χ0n) is 23.9. The number of nitrogens with zero attached hydrogens (tertiary/aromatic N) is 4. The van der Waals surface area contributed by atoms with E-state index in [2.05, 4.69) is 39.5 Å². The lowest BCUT2D eigenvalue weighted by molar-refractivity contribution is 0.0700. The Balaban J connectivity index is 1.29. The molecule has 2 N–H and O–H groups in total. The number of sulfone groups is 1. The van der Waals surface area contributed by atoms with Crippen LogP contribution < -0.4 is 10.5 Å². The highest BCUT2D eigenvalue weighted by molar-refractivity contribution is 7.91. The number of amides is 1. The van der Waals surface area contributed by atoms with Crippen molar-refractivity contribution in [2.75, 3.05) is 25.2 Å². The van der Waals surface area contributed by atoms with Crippen LogP contribution in [0.25, 0.3) is 33.5 Å². The van der Waals surface area contributed by atoms with Crippen LogP contribution in [0.1, 0.15) is 42.5 Å². The lowest BCUT2D eigenvalue weighted by atomic mass is 10.1. The molecule has 2 aromatic carbocycles. The van der Waals surface area contributed by atoms with Gasteiger partial charge >= 0.3 is 0 Å². The lowest BCUT2D eigenvalue weighted by Gasteiger charge is -2.27. The summed E-state index contributed by atoms with van der Waals surface area (Å²) in [7, 11) is -1.43. The number of fused-ring (bicyclic) bond motifs is 4. The third-order valence-electron chi connectivity index (χ3n) is 10.1. The van der Waals surface area contributed by atoms with Gasteiger partial charge < -0.3 is 24.5 Å². The highest BCUT2D eigenvalue weighted by Gasteiger charge is 2.47. The number of aromatic nitrogens is 3. The van der Waals surface area contributed by atoms with E-state index in [0.717, 1.165) is 41.8 Å². The van der Waals surface area contributed by atoms with Gasteiger partial charge in [-0.25, -0.2) is 13.4 Å². The van der Waals surface area contributed by atoms with Gasteiger partial charge in [0.05, 0.1) is 29.8 Å². The van der Waals surface area contributed by atoms with Crippen molar-refractivity contribution < 1.29 is 17.9 Å². The summed E-state index contributed by atoms with van der Waals surface area (Å²) in [6, 6.07) is 14.4. The number of rotatable bonds is 7. The van der Waals surface area contributed by atoms with Crippen molar-refractivity contribution in [3.63, 3.8) is 0 Å². The number of imidazole rings is 1. The molecule has 0 radical (unpaired) electrons. The van der Waals surface area contributed by atoms with Crippen LogP contribution in [-0.2, 0) is 22.9 Å². The van der Waals surface area contributed by atoms with E-state index in [1.807, 2.05) is 17.0 Å². The second-order valence-electron chi connectivity index (χ2n) is 12.9. The molecule has 220 valence electrons. The first kappa shape index (κ1) is 26.3. The minimum absolute atomic E-state index is 0.0138. The summed E-state index contributed by atoms with van der Waals surface area (Å²) in [6.45, 7) is 2.13. The zero-order valence-corrected chi connectivity index (χ0v) is 24.7. The molecule has 2 saturated heterocycles. The maximum absolute atomic E-state index is 13.8. The largest absolute Gasteiger partial charge is 0.494 e. The SMILES string of the molecule is COc1cc(C(=O)N2CC3CCC2[C@@H]3N)cc2nc(-c3cc4ccccc4n3CC3CC3)n(CC3CCS(=O)(=O)C3)c12. The van der Waals surface area contributed by atoms with Crippen LogP contribution in [0.2, 0.25) is 0 Å². The molecule has 4 atom stereocenters. The molecule has 8 rings (SSSR count). The predicted octanol–water partition coefficient (Wildman–Crippen LogP) is 4.07. The van der Waals surface area contributed by atoms with Crippen LogP contribution in [-0.4, -0.2) is 70.6 Å². The van der Waals surface area contributed by atoms with E-state index >= 15 is 0 Å². The van der Waals surface area contributed by atoms with Gasteiger partial charge in [0.1, 0.15) is 11.3 Å². The van der Waals surface area contributed by atoms with E-state index in [1.165, 1.54) is 18.4 Å². The second kappa shape index (κ2) is 9.57. The molecule has 4 fully saturated rings. The molecule has 1 amide bonds. The first-order valence-corrected chi connectivity index (χ1v) is 17.1. The van der Waals surface area contributed by atoms with Crippen molar-refractivity contribution in [1.82, 2.24) is 19.0 Å². The van der Waals surface area contributed by atoms with Gasteiger partial charge in [-0.2, -0.15) is 0 Å². The molecule has 4 aliphatic rings. The monoisotopic (exact) mass is 587 g/mol. The maximum atomic E-state index is 13.8. The Morgan fingerprint density at radius 1 is 1.02 bits per heavy atom. The van der Waals surface area contributed by atoms with E-state index in [-0.39, 0.29) is 35.4 Å². The van der Waals surface area contributed by atoms with Gasteiger partial charge in [0.15, 0.2) is 15.7 Å². The van der Waals surface area contributed by atoms with Crippen molar-refractivity contribution in [3.05, 3.63) is 48.0 Å². The Kier molecular flexibility index (Phi) is 5.99. The summed E-state index contributed by atoms with van der Waals surface area (Å²) in [4.78, 5) is 21.0. The molecule has 3 unspecified atom stereocenters. The van der Waals surface area contributed by atoms with Gasteiger partial charge in [0, 0.05) is 48.2 Å². The molecule has 2 bridgehead atoms. The Labute approximate surface area is 245 Å². The number of hydrogen-bond donors (Lipinski definition) is 1. The number of para-hydroxylation sites is 1. The van der Waals surface area contributed by atoms with Gasteiger partial charge in [0.25, 0.3) is 5.91 Å². The quantitative estimate of drug-likeness (QED) is 0.349. The fourth-order valence-electron chi connectivity index (χ4n) is 7.76. The standard InChI is InChI=1S/C32H37N5O4S/c1-41-28-14-23(32(38)36-17-22-8-9-26(36)29(22)33)12-24-30(28)37(16-20-10-11-42(39,40)18-20)31(34-24)27-13-21-4-2-3-5-25(21)35(27)15-19-6-7-19/h2-5,12-14,19-20,22,26,29H,6-11,15-18,33H2,1H3/t20?,22?,26?,29-/m1/s1. The highest BCUT2D eigenvalue weighted by atomic mass is 32.2. The summed E-state index contributed by atoms with van der Waals surface area (Å²) >= 11 is 0. The highest BCUT2D eigenvalue weighted by Crippen LogP contribution is 2.41. The summed E-state index contributed by atoms with van der Waals surface area (Å²) < 4.78 is 35.3. The van der Waals surface area contributed by atoms with Crippen LogP contribution in [0.15, 0.2) is 42.5 Å². The van der Waals surface area contributed by atoms with E-state index in [0.29, 0.717) is 48.2 Å². The first-order chi connectivity index (χ1) is 20.3. The molecule has 2 saturated carbocycles. The molecular formula is C32H37N5O4S. The summed E-state index contributed by atoms with van der Waals surface area (Å²) in [5, 5.41) is 1.15. The topological polar surface area (TPSA) is 112 Å². The number of methoxy groups -OCH3 is 1. The smallest absolute Gasteiger partial charge is 0.254 e. The number of benzene rings is 2. The molecular weight excluding hydrogens is 550 g/mol. The van der Waals surface area contributed by atoms with Crippen molar-refractivity contribution in [3.8, 4) is 17.3 Å². The minimum Gasteiger partial charge on any atom is -0.494 e. The molecule has 2 aromatic heterocycles. The van der Waals surface area contributed by atoms with Crippen molar-refractivity contribution >= 4 is 37.7 Å². The average molecular weight is 588 g/mol. The Bertz CT molecular complexity index is 1840. The van der Waals surface area contributed by atoms with Crippen molar-refractivity contribution in [2.45, 2.75) is 57.3 Å². The third kappa shape index (κ3) is 4.25. The van der Waals surface area contributed by atoms with E-state index in [4.69, 9.17) is 15.5 Å². The maximum Gasteiger partial charge on any atom is 0.254 e. The average Bonchev–Trinajstić information content (AvgIpc) is 3.21. The molecule has 2 aliphatic heterocycles. The lowest BCUT2D eigenvalue weighted by Crippen LogP contribution is -2.41. The number of hydrogen-bond acceptors (Lipinski definition) is 6. The van der Waals surface area contributed by atoms with Crippen LogP contribution in [0.5, 0.6) is 5.75 Å². The zero-order chi connectivity index (χ0) is 28.7. The molecule has 42 heavy (non-hydrogen) atoms. The van der Waals surface area contributed by atoms with Gasteiger partial charge in [0.2, 0.25) is 0 Å². The Hall–Kier alpha value is -3.37. The fourth-order valence-corrected chi connectivity index (χ4v) is 9.60. The van der Waals surface area contributed by atoms with Crippen LogP contribution in [0.4, 0.5) is 0 Å². The number of carbonyl (C=O) groups excluding carboxylic acids is 1. The Morgan fingerprint density at radius 3 is 2.52 bits per heavy atom. The number of carbonyl (C=O) groups is 1. The van der Waals surface area contributed by atoms with Crippen LogP contribution in [0.3, 0.4) is 0 Å². The number of ether oxygens (including phenoxy) is 1. The molecule has 4 aromatic rings. The summed E-state index contributed by atoms with van der Waals surface area (Å²) in [6.07, 6.45) is 5.11. The predicted molar refractivity (Wildman–Crippen MR) is 162 cm³/mol. The van der Waals surface area contributed by atoms with Gasteiger partial charge in [-0.3, -0.25) is 4.79 Å². The van der Waals surface area contributed by atoms with Crippen LogP contribution >= 0.6 is 0 Å². The normalized spacial score (nSPS) is 26.6. The van der Waals surface area contributed by atoms with E-state index in [9.17, 15) is 13.2 Å². The molecule has 4 heterocycles. The number of piperidine rings is 1. The van der Waals surface area contributed by atoms with Crippen molar-refractivity contribution in [2.24, 2.45) is 23.5 Å². The second-order valence-corrected chi connectivity index (χ2v) is 15.2. The molecule has 0 spiro atoms. The van der Waals surface area contributed by atoms with Gasteiger partial charge in [-0.05, 0) is 74.1 Å². The summed E-state index contributed by atoms with van der Waals surface area (Å²) in [5.74, 6) is 2.74. The number of likely N-dealkylation sites (tertiary alicyclic amines) is 1. The first-order valence-electron chi connectivity index (χ1n) is 15.2. The van der Waals surface area contributed by atoms with Gasteiger partial charge in [-0.1, -0.05) is 18.2 Å². The Morgan fingerprint density at radius 2 is 1.83 bits per heavy atom. The van der Waals surface area contributed by atoms with E-state index < -0.39 is 9.84 Å². The van der Waals surface area contributed by atoms with Crippen molar-refractivity contribution in [1.29, 1.82) is 0 Å². The fraction of sp³-hybridized carbons (Fsp3) is 0.500. The number of nitrogens with two attached hydrogens (primary N) is 1. The van der Waals surface area contributed by atoms with E-state index in [1.54, 1.807) is 7.11 Å². The summed E-state index contributed by atoms with van der Waals surface area (Å²) in [5.41, 5.74) is 10.7.